The Bertz CT molecular complexity index is 537. The molecule has 2 atom stereocenters. The lowest BCUT2D eigenvalue weighted by molar-refractivity contribution is -0.00528. The molecule has 0 saturated carbocycles. The van der Waals surface area contributed by atoms with Gasteiger partial charge in [-0.3, -0.25) is 0 Å². The van der Waals surface area contributed by atoms with Crippen LogP contribution >= 0.6 is 0 Å². The Hall–Kier alpha value is -1.77. The molecule has 0 bridgehead atoms. The van der Waals surface area contributed by atoms with Gasteiger partial charge in [0.2, 0.25) is 0 Å². The maximum absolute atomic E-state index is 10.0. The number of benzene rings is 1. The summed E-state index contributed by atoms with van der Waals surface area (Å²) in [6, 6.07) is 5.56. The first kappa shape index (κ1) is 11.3. The predicted molar refractivity (Wildman–Crippen MR) is 61.6 cm³/mol. The van der Waals surface area contributed by atoms with Gasteiger partial charge in [-0.25, -0.2) is 0 Å². The lowest BCUT2D eigenvalue weighted by Gasteiger charge is -2.25. The van der Waals surface area contributed by atoms with Crippen LogP contribution in [0.25, 0.3) is 0 Å². The average molecular weight is 247 g/mol. The number of ether oxygens (including phenoxy) is 3. The lowest BCUT2D eigenvalue weighted by Crippen LogP contribution is -2.45. The average Bonchev–Trinajstić information content (AvgIpc) is 2.93. The highest BCUT2D eigenvalue weighted by atomic mass is 16.6. The third-order valence-electron chi connectivity index (χ3n) is 3.58. The molecule has 1 fully saturated rings. The minimum Gasteiger partial charge on any atom is -0.493 e. The molecule has 2 heterocycles. The van der Waals surface area contributed by atoms with Crippen molar-refractivity contribution in [2.45, 2.75) is 18.1 Å². The predicted octanol–water partition coefficient (Wildman–Crippen LogP) is 0.632. The zero-order chi connectivity index (χ0) is 12.8. The van der Waals surface area contributed by atoms with Crippen LogP contribution in [0.3, 0.4) is 0 Å². The molecular formula is C13H13NO4. The summed E-state index contributed by atoms with van der Waals surface area (Å²) >= 11 is 0. The second-order valence-electron chi connectivity index (χ2n) is 4.61. The van der Waals surface area contributed by atoms with Crippen molar-refractivity contribution in [1.82, 2.24) is 0 Å². The second kappa shape index (κ2) is 3.87. The smallest absolute Gasteiger partial charge is 0.166 e. The molecule has 1 spiro atoms. The first-order chi connectivity index (χ1) is 8.70. The maximum Gasteiger partial charge on any atom is 0.166 e. The molecule has 5 nitrogen and oxygen atoms in total. The van der Waals surface area contributed by atoms with Gasteiger partial charge in [0.15, 0.2) is 17.1 Å². The van der Waals surface area contributed by atoms with E-state index in [1.165, 1.54) is 0 Å². The van der Waals surface area contributed by atoms with Gasteiger partial charge in [-0.2, -0.15) is 5.26 Å². The summed E-state index contributed by atoms with van der Waals surface area (Å²) in [7, 11) is 1.55. The summed E-state index contributed by atoms with van der Waals surface area (Å²) in [6.07, 6.45) is -0.204. The van der Waals surface area contributed by atoms with E-state index in [1.54, 1.807) is 19.2 Å². The fraction of sp³-hybridized carbons (Fsp3) is 0.462. The maximum atomic E-state index is 10.0. The van der Waals surface area contributed by atoms with Crippen LogP contribution in [0.15, 0.2) is 12.1 Å². The van der Waals surface area contributed by atoms with Crippen LogP contribution in [0.4, 0.5) is 0 Å². The molecule has 1 saturated heterocycles. The molecule has 0 aromatic heterocycles. The van der Waals surface area contributed by atoms with Crippen molar-refractivity contribution < 1.29 is 19.3 Å². The summed E-state index contributed by atoms with van der Waals surface area (Å²) in [5.74, 6) is 1.14. The summed E-state index contributed by atoms with van der Waals surface area (Å²) < 4.78 is 16.4. The molecule has 2 unspecified atom stereocenters. The first-order valence-corrected chi connectivity index (χ1v) is 5.75. The molecule has 0 amide bonds. The Balaban J connectivity index is 2.09. The van der Waals surface area contributed by atoms with Crippen LogP contribution in [0.2, 0.25) is 0 Å². The highest BCUT2D eigenvalue weighted by molar-refractivity contribution is 5.58. The molecule has 5 heteroatoms. The normalized spacial score (nSPS) is 28.8. The first-order valence-electron chi connectivity index (χ1n) is 5.75. The van der Waals surface area contributed by atoms with Crippen molar-refractivity contribution in [1.29, 1.82) is 5.26 Å². The third kappa shape index (κ3) is 1.40. The Morgan fingerprint density at radius 3 is 3.00 bits per heavy atom. The number of fused-ring (bicyclic) bond motifs is 1. The van der Waals surface area contributed by atoms with Gasteiger partial charge in [-0.05, 0) is 12.1 Å². The fourth-order valence-electron chi connectivity index (χ4n) is 2.56. The molecule has 18 heavy (non-hydrogen) atoms. The van der Waals surface area contributed by atoms with Crippen molar-refractivity contribution in [3.8, 4) is 17.6 Å². The Morgan fingerprint density at radius 1 is 1.56 bits per heavy atom. The number of aliphatic hydroxyl groups excluding tert-OH is 1. The monoisotopic (exact) mass is 247 g/mol. The van der Waals surface area contributed by atoms with Gasteiger partial charge in [0.05, 0.1) is 32.0 Å². The molecule has 2 aliphatic rings. The van der Waals surface area contributed by atoms with Crippen molar-refractivity contribution in [3.63, 3.8) is 0 Å². The van der Waals surface area contributed by atoms with Crippen molar-refractivity contribution >= 4 is 0 Å². The van der Waals surface area contributed by atoms with Gasteiger partial charge in [0, 0.05) is 12.0 Å². The van der Waals surface area contributed by atoms with E-state index in [0.29, 0.717) is 30.1 Å². The minimum absolute atomic E-state index is 0.262. The van der Waals surface area contributed by atoms with E-state index in [2.05, 4.69) is 6.07 Å². The molecule has 3 rings (SSSR count). The van der Waals surface area contributed by atoms with Crippen molar-refractivity contribution in [3.05, 3.63) is 23.3 Å². The number of rotatable bonds is 1. The Labute approximate surface area is 105 Å². The van der Waals surface area contributed by atoms with Crippen molar-refractivity contribution in [2.24, 2.45) is 0 Å². The molecule has 1 aromatic rings. The van der Waals surface area contributed by atoms with Gasteiger partial charge >= 0.3 is 0 Å². The van der Waals surface area contributed by atoms with Crippen LogP contribution in [0.1, 0.15) is 11.1 Å². The van der Waals surface area contributed by atoms with Crippen LogP contribution in [-0.4, -0.2) is 37.1 Å². The molecule has 2 aliphatic heterocycles. The topological polar surface area (TPSA) is 71.7 Å². The summed E-state index contributed by atoms with van der Waals surface area (Å²) in [4.78, 5) is 0. The Kier molecular flexibility index (Phi) is 2.44. The van der Waals surface area contributed by atoms with E-state index < -0.39 is 11.7 Å². The van der Waals surface area contributed by atoms with E-state index in [1.807, 2.05) is 0 Å². The SMILES string of the molecule is COc1ccc(C#N)c2c1OC1(COCC1O)C2. The van der Waals surface area contributed by atoms with E-state index >= 15 is 0 Å². The largest absolute Gasteiger partial charge is 0.493 e. The Morgan fingerprint density at radius 2 is 2.39 bits per heavy atom. The molecule has 94 valence electrons. The summed E-state index contributed by atoms with van der Waals surface area (Å²) in [5.41, 5.74) is 0.589. The van der Waals surface area contributed by atoms with Gasteiger partial charge in [0.25, 0.3) is 0 Å². The highest BCUT2D eigenvalue weighted by Gasteiger charge is 2.51. The molecule has 1 aromatic carbocycles. The van der Waals surface area contributed by atoms with E-state index in [-0.39, 0.29) is 6.61 Å². The summed E-state index contributed by atoms with van der Waals surface area (Å²) in [6.45, 7) is 0.592. The van der Waals surface area contributed by atoms with Crippen LogP contribution in [0, 0.1) is 11.3 Å². The minimum atomic E-state index is -0.761. The highest BCUT2D eigenvalue weighted by Crippen LogP contribution is 2.46. The number of hydrogen-bond donors (Lipinski definition) is 1. The molecule has 0 radical (unpaired) electrons. The number of aliphatic hydroxyl groups is 1. The van der Waals surface area contributed by atoms with Crippen molar-refractivity contribution in [2.75, 3.05) is 20.3 Å². The molecular weight excluding hydrogens is 234 g/mol. The molecule has 0 aliphatic carbocycles. The standard InChI is InChI=1S/C13H13NO4/c1-16-10-3-2-8(5-14)9-4-13(18-12(9)10)7-17-6-11(13)15/h2-3,11,15H,4,6-7H2,1H3. The van der Waals surface area contributed by atoms with E-state index in [0.717, 1.165) is 5.56 Å². The van der Waals surface area contributed by atoms with E-state index in [9.17, 15) is 5.11 Å². The number of nitriles is 1. The lowest BCUT2D eigenvalue weighted by atomic mass is 9.92. The quantitative estimate of drug-likeness (QED) is 0.788. The number of nitrogens with zero attached hydrogens (tertiary/aromatic N) is 1. The van der Waals surface area contributed by atoms with Gasteiger partial charge in [0.1, 0.15) is 6.10 Å². The van der Waals surface area contributed by atoms with Crippen LogP contribution < -0.4 is 9.47 Å². The van der Waals surface area contributed by atoms with Gasteiger partial charge in [-0.1, -0.05) is 0 Å². The van der Waals surface area contributed by atoms with E-state index in [4.69, 9.17) is 19.5 Å². The zero-order valence-electron chi connectivity index (χ0n) is 9.97. The van der Waals surface area contributed by atoms with Gasteiger partial charge in [-0.15, -0.1) is 0 Å². The van der Waals surface area contributed by atoms with Crippen LogP contribution in [0.5, 0.6) is 11.5 Å². The number of methoxy groups -OCH3 is 1. The number of hydrogen-bond acceptors (Lipinski definition) is 5. The molecule has 1 N–H and O–H groups in total. The van der Waals surface area contributed by atoms with Crippen LogP contribution in [-0.2, 0) is 11.2 Å². The third-order valence-corrected chi connectivity index (χ3v) is 3.58. The fourth-order valence-corrected chi connectivity index (χ4v) is 2.56. The second-order valence-corrected chi connectivity index (χ2v) is 4.61. The zero-order valence-corrected chi connectivity index (χ0v) is 9.97. The van der Waals surface area contributed by atoms with Gasteiger partial charge < -0.3 is 19.3 Å². The summed E-state index contributed by atoms with van der Waals surface area (Å²) in [5, 5.41) is 19.1.